The second-order valence-corrected chi connectivity index (χ2v) is 4.00. The number of hydrogen-bond acceptors (Lipinski definition) is 6. The molecule has 104 valence electrons. The van der Waals surface area contributed by atoms with E-state index in [1.807, 2.05) is 0 Å². The summed E-state index contributed by atoms with van der Waals surface area (Å²) in [5.74, 6) is -0.421. The van der Waals surface area contributed by atoms with E-state index in [0.717, 1.165) is 5.69 Å². The Hall–Kier alpha value is -2.15. The molecule has 0 bridgehead atoms. The fraction of sp³-hybridized carbons (Fsp3) is 0.417. The molecule has 3 N–H and O–H groups in total. The van der Waals surface area contributed by atoms with Crippen LogP contribution in [0.25, 0.3) is 0 Å². The predicted octanol–water partition coefficient (Wildman–Crippen LogP) is 1.29. The Morgan fingerprint density at radius 1 is 1.47 bits per heavy atom. The first-order valence-corrected chi connectivity index (χ1v) is 5.86. The van der Waals surface area contributed by atoms with Gasteiger partial charge in [0.2, 0.25) is 0 Å². The van der Waals surface area contributed by atoms with Gasteiger partial charge in [-0.25, -0.2) is 0 Å². The highest BCUT2D eigenvalue weighted by Crippen LogP contribution is 2.15. The third kappa shape index (κ3) is 4.92. The van der Waals surface area contributed by atoms with Crippen LogP contribution >= 0.6 is 0 Å². The number of nitro groups is 1. The van der Waals surface area contributed by atoms with Gasteiger partial charge in [-0.3, -0.25) is 14.9 Å². The van der Waals surface area contributed by atoms with Crippen molar-refractivity contribution in [1.82, 2.24) is 0 Å². The number of carbonyl (C=O) groups excluding carboxylic acids is 1. The number of benzene rings is 1. The molecule has 0 fully saturated rings. The molecule has 0 aliphatic carbocycles. The number of nitro benzene ring substituents is 1. The smallest absolute Gasteiger partial charge is 0.322 e. The van der Waals surface area contributed by atoms with Crippen LogP contribution in [0.15, 0.2) is 24.3 Å². The minimum absolute atomic E-state index is 0.0539. The number of nitrogens with one attached hydrogen (secondary N) is 1. The first-order valence-electron chi connectivity index (χ1n) is 5.86. The lowest BCUT2D eigenvalue weighted by atomic mass is 10.1. The Kier molecular flexibility index (Phi) is 5.74. The summed E-state index contributed by atoms with van der Waals surface area (Å²) in [6.07, 6.45) is 1.22. The van der Waals surface area contributed by atoms with Gasteiger partial charge < -0.3 is 15.8 Å². The number of rotatable bonds is 7. The Morgan fingerprint density at radius 2 is 2.11 bits per heavy atom. The average molecular weight is 267 g/mol. The zero-order valence-corrected chi connectivity index (χ0v) is 10.7. The van der Waals surface area contributed by atoms with Gasteiger partial charge in [0.15, 0.2) is 0 Å². The van der Waals surface area contributed by atoms with E-state index in [2.05, 4.69) is 10.1 Å². The summed E-state index contributed by atoms with van der Waals surface area (Å²) in [7, 11) is 1.30. The largest absolute Gasteiger partial charge is 0.468 e. The fourth-order valence-corrected chi connectivity index (χ4v) is 1.52. The normalized spacial score (nSPS) is 11.7. The molecular weight excluding hydrogens is 250 g/mol. The molecule has 1 unspecified atom stereocenters. The summed E-state index contributed by atoms with van der Waals surface area (Å²) in [5, 5.41) is 13.6. The van der Waals surface area contributed by atoms with Crippen molar-refractivity contribution in [1.29, 1.82) is 0 Å². The molecule has 0 saturated heterocycles. The van der Waals surface area contributed by atoms with Gasteiger partial charge in [0.1, 0.15) is 6.04 Å². The summed E-state index contributed by atoms with van der Waals surface area (Å²) >= 11 is 0. The molecule has 7 heteroatoms. The van der Waals surface area contributed by atoms with Crippen molar-refractivity contribution in [3.8, 4) is 0 Å². The topological polar surface area (TPSA) is 107 Å². The van der Waals surface area contributed by atoms with Gasteiger partial charge in [-0.2, -0.15) is 0 Å². The summed E-state index contributed by atoms with van der Waals surface area (Å²) in [6.45, 7) is 0.627. The molecule has 7 nitrogen and oxygen atoms in total. The monoisotopic (exact) mass is 267 g/mol. The van der Waals surface area contributed by atoms with Gasteiger partial charge in [-0.05, 0) is 25.0 Å². The van der Waals surface area contributed by atoms with Crippen molar-refractivity contribution in [2.45, 2.75) is 18.9 Å². The van der Waals surface area contributed by atoms with E-state index in [9.17, 15) is 14.9 Å². The third-order valence-electron chi connectivity index (χ3n) is 2.60. The zero-order valence-electron chi connectivity index (χ0n) is 10.7. The molecule has 0 spiro atoms. The van der Waals surface area contributed by atoms with Crippen LogP contribution in [0.4, 0.5) is 11.4 Å². The van der Waals surface area contributed by atoms with Crippen LogP contribution in [0.5, 0.6) is 0 Å². The number of nitrogens with two attached hydrogens (primary N) is 1. The molecule has 1 aromatic rings. The van der Waals surface area contributed by atoms with Gasteiger partial charge in [0.25, 0.3) is 5.69 Å². The fourth-order valence-electron chi connectivity index (χ4n) is 1.52. The molecule has 1 atom stereocenters. The van der Waals surface area contributed by atoms with E-state index in [0.29, 0.717) is 19.4 Å². The molecule has 0 aliphatic heterocycles. The molecule has 19 heavy (non-hydrogen) atoms. The van der Waals surface area contributed by atoms with Crippen molar-refractivity contribution in [3.05, 3.63) is 34.4 Å². The minimum Gasteiger partial charge on any atom is -0.468 e. The second kappa shape index (κ2) is 7.32. The molecule has 1 aromatic carbocycles. The van der Waals surface area contributed by atoms with E-state index >= 15 is 0 Å². The van der Waals surface area contributed by atoms with Crippen molar-refractivity contribution in [2.75, 3.05) is 19.0 Å². The van der Waals surface area contributed by atoms with E-state index in [-0.39, 0.29) is 5.69 Å². The summed E-state index contributed by atoms with van der Waals surface area (Å²) in [5.41, 5.74) is 6.43. The lowest BCUT2D eigenvalue weighted by Crippen LogP contribution is -2.31. The second-order valence-electron chi connectivity index (χ2n) is 4.00. The van der Waals surface area contributed by atoms with Crippen LogP contribution in [-0.4, -0.2) is 30.6 Å². The van der Waals surface area contributed by atoms with Gasteiger partial charge >= 0.3 is 5.97 Å². The highest BCUT2D eigenvalue weighted by Gasteiger charge is 2.12. The highest BCUT2D eigenvalue weighted by molar-refractivity contribution is 5.75. The lowest BCUT2D eigenvalue weighted by molar-refractivity contribution is -0.384. The van der Waals surface area contributed by atoms with Crippen LogP contribution in [0.2, 0.25) is 0 Å². The van der Waals surface area contributed by atoms with Gasteiger partial charge in [-0.1, -0.05) is 0 Å². The number of ether oxygens (including phenoxy) is 1. The van der Waals surface area contributed by atoms with Crippen molar-refractivity contribution < 1.29 is 14.5 Å². The number of hydrogen-bond donors (Lipinski definition) is 2. The number of anilines is 1. The number of esters is 1. The number of nitrogens with zero attached hydrogens (tertiary/aromatic N) is 1. The Bertz CT molecular complexity index is 433. The number of methoxy groups -OCH3 is 1. The Labute approximate surface area is 110 Å². The first kappa shape index (κ1) is 14.9. The maximum Gasteiger partial charge on any atom is 0.322 e. The summed E-state index contributed by atoms with van der Waals surface area (Å²) in [6, 6.07) is 5.53. The predicted molar refractivity (Wildman–Crippen MR) is 70.8 cm³/mol. The number of non-ortho nitro benzene ring substituents is 1. The number of carbonyl (C=O) groups is 1. The van der Waals surface area contributed by atoms with Gasteiger partial charge in [-0.15, -0.1) is 0 Å². The standard InChI is InChI=1S/C12H17N3O4/c1-19-12(16)11(13)3-2-8-14-9-4-6-10(7-5-9)15(17)18/h4-7,11,14H,2-3,8,13H2,1H3. The summed E-state index contributed by atoms with van der Waals surface area (Å²) < 4.78 is 4.51. The first-order chi connectivity index (χ1) is 9.04. The average Bonchev–Trinajstić information content (AvgIpc) is 2.42. The maximum absolute atomic E-state index is 11.0. The molecule has 0 radical (unpaired) electrons. The molecular formula is C12H17N3O4. The minimum atomic E-state index is -0.608. The van der Waals surface area contributed by atoms with Crippen molar-refractivity contribution in [3.63, 3.8) is 0 Å². The Morgan fingerprint density at radius 3 is 2.63 bits per heavy atom. The molecule has 0 heterocycles. The molecule has 1 rings (SSSR count). The van der Waals surface area contributed by atoms with E-state index in [4.69, 9.17) is 5.73 Å². The van der Waals surface area contributed by atoms with Crippen LogP contribution in [0.1, 0.15) is 12.8 Å². The SMILES string of the molecule is COC(=O)C(N)CCCNc1ccc([N+](=O)[O-])cc1. The lowest BCUT2D eigenvalue weighted by Gasteiger charge is -2.10. The van der Waals surface area contributed by atoms with Crippen LogP contribution in [0, 0.1) is 10.1 Å². The van der Waals surface area contributed by atoms with Crippen LogP contribution in [-0.2, 0) is 9.53 Å². The molecule has 0 aliphatic rings. The molecule has 0 aromatic heterocycles. The van der Waals surface area contributed by atoms with E-state index < -0.39 is 16.9 Å². The quantitative estimate of drug-likeness (QED) is 0.333. The molecule has 0 amide bonds. The third-order valence-corrected chi connectivity index (χ3v) is 2.60. The van der Waals surface area contributed by atoms with Crippen LogP contribution in [0.3, 0.4) is 0 Å². The molecule has 0 saturated carbocycles. The highest BCUT2D eigenvalue weighted by atomic mass is 16.6. The summed E-state index contributed by atoms with van der Waals surface area (Å²) in [4.78, 5) is 21.1. The van der Waals surface area contributed by atoms with Crippen LogP contribution < -0.4 is 11.1 Å². The van der Waals surface area contributed by atoms with E-state index in [1.165, 1.54) is 19.2 Å². The maximum atomic E-state index is 11.0. The van der Waals surface area contributed by atoms with E-state index in [1.54, 1.807) is 12.1 Å². The van der Waals surface area contributed by atoms with Crippen molar-refractivity contribution in [2.24, 2.45) is 5.73 Å². The Balaban J connectivity index is 2.29. The van der Waals surface area contributed by atoms with Gasteiger partial charge in [0, 0.05) is 24.4 Å². The zero-order chi connectivity index (χ0) is 14.3. The van der Waals surface area contributed by atoms with Gasteiger partial charge in [0.05, 0.1) is 12.0 Å². The van der Waals surface area contributed by atoms with Crippen molar-refractivity contribution >= 4 is 17.3 Å².